The topological polar surface area (TPSA) is 57.2 Å². The van der Waals surface area contributed by atoms with Gasteiger partial charge in [-0.25, -0.2) is 0 Å². The van der Waals surface area contributed by atoms with Gasteiger partial charge in [-0.1, -0.05) is 0 Å². The van der Waals surface area contributed by atoms with E-state index in [1.165, 1.54) is 0 Å². The highest BCUT2D eigenvalue weighted by atomic mass is 28.4. The van der Waals surface area contributed by atoms with Crippen LogP contribution in [0.5, 0.6) is 0 Å². The van der Waals surface area contributed by atoms with Crippen LogP contribution in [0.2, 0.25) is 58.9 Å². The molecule has 0 aromatic heterocycles. The number of hydrogen-bond donors (Lipinski definition) is 1. The van der Waals surface area contributed by atoms with Crippen LogP contribution in [0.3, 0.4) is 0 Å². The minimum atomic E-state index is -1.86. The molecule has 1 rings (SSSR count). The summed E-state index contributed by atoms with van der Waals surface area (Å²) in [6, 6.07) is 0. The van der Waals surface area contributed by atoms with Crippen molar-refractivity contribution in [2.45, 2.75) is 96.6 Å². The van der Waals surface area contributed by atoms with Crippen LogP contribution in [0.4, 0.5) is 0 Å². The van der Waals surface area contributed by atoms with E-state index in [4.69, 9.17) is 18.0 Å². The maximum Gasteiger partial charge on any atom is 0.184 e. The highest BCUT2D eigenvalue weighted by Crippen LogP contribution is 2.32. The average Bonchev–Trinajstić information content (AvgIpc) is 2.25. The summed E-state index contributed by atoms with van der Waals surface area (Å²) in [6.45, 7) is 21.2. The SMILES string of the molecule is C[C@H]1O[C@@H](O)[C@@H](O[Si](C)(C)C)[C@@H](O[Si](C)(C)C)[C@@H]1O[Si](C)(C)C. The Morgan fingerprint density at radius 1 is 0.652 bits per heavy atom. The van der Waals surface area contributed by atoms with Gasteiger partial charge in [0.25, 0.3) is 0 Å². The van der Waals surface area contributed by atoms with Gasteiger partial charge in [-0.3, -0.25) is 0 Å². The van der Waals surface area contributed by atoms with E-state index in [-0.39, 0.29) is 18.3 Å². The lowest BCUT2D eigenvalue weighted by Crippen LogP contribution is -2.64. The summed E-state index contributed by atoms with van der Waals surface area (Å²) in [4.78, 5) is 0. The lowest BCUT2D eigenvalue weighted by molar-refractivity contribution is -0.266. The van der Waals surface area contributed by atoms with Crippen molar-refractivity contribution in [3.05, 3.63) is 0 Å². The Bertz CT molecular complexity index is 358. The molecule has 1 N–H and O–H groups in total. The molecule has 138 valence electrons. The van der Waals surface area contributed by atoms with E-state index in [0.29, 0.717) is 0 Å². The zero-order valence-corrected chi connectivity index (χ0v) is 19.5. The van der Waals surface area contributed by atoms with Crippen LogP contribution in [0.15, 0.2) is 0 Å². The van der Waals surface area contributed by atoms with Crippen molar-refractivity contribution in [3.63, 3.8) is 0 Å². The lowest BCUT2D eigenvalue weighted by Gasteiger charge is -2.48. The van der Waals surface area contributed by atoms with Crippen LogP contribution in [-0.4, -0.2) is 60.8 Å². The number of ether oxygens (including phenoxy) is 1. The molecule has 0 spiro atoms. The molecular weight excluding hydrogens is 344 g/mol. The van der Waals surface area contributed by atoms with Crippen LogP contribution in [0.25, 0.3) is 0 Å². The van der Waals surface area contributed by atoms with Crippen molar-refractivity contribution in [2.24, 2.45) is 0 Å². The second-order valence-electron chi connectivity index (χ2n) is 9.32. The fraction of sp³-hybridized carbons (Fsp3) is 1.00. The maximum absolute atomic E-state index is 10.5. The molecule has 0 radical (unpaired) electrons. The van der Waals surface area contributed by atoms with Gasteiger partial charge in [0.05, 0.1) is 12.2 Å². The first-order valence-electron chi connectivity index (χ1n) is 8.46. The van der Waals surface area contributed by atoms with Crippen molar-refractivity contribution in [1.82, 2.24) is 0 Å². The molecule has 1 heterocycles. The summed E-state index contributed by atoms with van der Waals surface area (Å²) in [7, 11) is -5.48. The monoisotopic (exact) mass is 380 g/mol. The fourth-order valence-electron chi connectivity index (χ4n) is 2.64. The van der Waals surface area contributed by atoms with Gasteiger partial charge in [0.15, 0.2) is 31.2 Å². The molecule has 1 saturated heterocycles. The zero-order valence-electron chi connectivity index (χ0n) is 16.5. The van der Waals surface area contributed by atoms with E-state index < -0.39 is 37.3 Å². The molecular formula is C15H36O5Si3. The van der Waals surface area contributed by atoms with Gasteiger partial charge < -0.3 is 23.1 Å². The van der Waals surface area contributed by atoms with E-state index in [2.05, 4.69) is 58.9 Å². The molecule has 5 atom stereocenters. The van der Waals surface area contributed by atoms with E-state index in [0.717, 1.165) is 0 Å². The molecule has 0 aliphatic carbocycles. The van der Waals surface area contributed by atoms with Gasteiger partial charge in [-0.2, -0.15) is 0 Å². The third-order valence-electron chi connectivity index (χ3n) is 3.21. The molecule has 0 aromatic rings. The van der Waals surface area contributed by atoms with Crippen LogP contribution in [0, 0.1) is 0 Å². The van der Waals surface area contributed by atoms with E-state index in [9.17, 15) is 5.11 Å². The molecule has 8 heteroatoms. The molecule has 1 fully saturated rings. The number of rotatable bonds is 6. The third kappa shape index (κ3) is 7.47. The molecule has 0 bridgehead atoms. The second kappa shape index (κ2) is 7.37. The van der Waals surface area contributed by atoms with E-state index >= 15 is 0 Å². The number of aliphatic hydroxyl groups excluding tert-OH is 1. The van der Waals surface area contributed by atoms with Crippen LogP contribution >= 0.6 is 0 Å². The van der Waals surface area contributed by atoms with Crippen molar-refractivity contribution in [2.75, 3.05) is 0 Å². The molecule has 0 unspecified atom stereocenters. The Morgan fingerprint density at radius 3 is 1.39 bits per heavy atom. The maximum atomic E-state index is 10.5. The van der Waals surface area contributed by atoms with Gasteiger partial charge in [-0.15, -0.1) is 0 Å². The summed E-state index contributed by atoms with van der Waals surface area (Å²) >= 11 is 0. The first-order valence-corrected chi connectivity index (χ1v) is 18.7. The minimum absolute atomic E-state index is 0.210. The van der Waals surface area contributed by atoms with E-state index in [1.54, 1.807) is 0 Å². The number of hydrogen-bond acceptors (Lipinski definition) is 5. The summed E-state index contributed by atoms with van der Waals surface area (Å²) in [5.41, 5.74) is 0. The quantitative estimate of drug-likeness (QED) is 0.716. The first-order chi connectivity index (χ1) is 10.1. The fourth-order valence-corrected chi connectivity index (χ4v) is 5.93. The van der Waals surface area contributed by atoms with Gasteiger partial charge in [0.2, 0.25) is 0 Å². The molecule has 5 nitrogen and oxygen atoms in total. The third-order valence-corrected chi connectivity index (χ3v) is 6.15. The van der Waals surface area contributed by atoms with Gasteiger partial charge in [-0.05, 0) is 65.8 Å². The van der Waals surface area contributed by atoms with Crippen LogP contribution in [0.1, 0.15) is 6.92 Å². The first kappa shape index (κ1) is 21.5. The largest absolute Gasteiger partial charge is 0.409 e. The average molecular weight is 381 g/mol. The Labute approximate surface area is 145 Å². The zero-order chi connectivity index (χ0) is 18.2. The second-order valence-corrected chi connectivity index (χ2v) is 22.7. The van der Waals surface area contributed by atoms with Gasteiger partial charge >= 0.3 is 0 Å². The Morgan fingerprint density at radius 2 is 1.00 bits per heavy atom. The smallest absolute Gasteiger partial charge is 0.184 e. The lowest BCUT2D eigenvalue weighted by atomic mass is 10.0. The number of aliphatic hydroxyl groups is 1. The van der Waals surface area contributed by atoms with E-state index in [1.807, 2.05) is 6.92 Å². The Balaban J connectivity index is 3.13. The van der Waals surface area contributed by atoms with Gasteiger partial charge in [0, 0.05) is 0 Å². The van der Waals surface area contributed by atoms with Crippen molar-refractivity contribution in [3.8, 4) is 0 Å². The highest BCUT2D eigenvalue weighted by molar-refractivity contribution is 6.70. The molecule has 0 amide bonds. The molecule has 0 saturated carbocycles. The summed E-state index contributed by atoms with van der Waals surface area (Å²) < 4.78 is 24.8. The predicted octanol–water partition coefficient (Wildman–Crippen LogP) is 3.38. The summed E-state index contributed by atoms with van der Waals surface area (Å²) in [6.07, 6.45) is -2.19. The van der Waals surface area contributed by atoms with Crippen molar-refractivity contribution >= 4 is 25.0 Å². The predicted molar refractivity (Wildman–Crippen MR) is 101 cm³/mol. The van der Waals surface area contributed by atoms with Crippen LogP contribution < -0.4 is 0 Å². The molecule has 0 aromatic carbocycles. The standard InChI is InChI=1S/C15H36O5Si3/c1-11-12(18-21(2,3)4)13(19-22(5,6)7)14(15(16)17-11)20-23(8,9)10/h11-16H,1-10H3/t11-,12-,13+,14+,15-/m1/s1. The molecule has 1 aliphatic rings. The summed E-state index contributed by atoms with van der Waals surface area (Å²) in [5, 5.41) is 10.5. The van der Waals surface area contributed by atoms with Gasteiger partial charge in [0.1, 0.15) is 12.2 Å². The van der Waals surface area contributed by atoms with Crippen LogP contribution in [-0.2, 0) is 18.0 Å². The minimum Gasteiger partial charge on any atom is -0.409 e. The highest BCUT2D eigenvalue weighted by Gasteiger charge is 2.49. The molecule has 1 aliphatic heterocycles. The Kier molecular flexibility index (Phi) is 6.88. The van der Waals surface area contributed by atoms with Crippen molar-refractivity contribution < 1.29 is 23.1 Å². The van der Waals surface area contributed by atoms with Crippen molar-refractivity contribution in [1.29, 1.82) is 0 Å². The normalized spacial score (nSPS) is 33.8. The summed E-state index contributed by atoms with van der Waals surface area (Å²) in [5.74, 6) is 0. The Hall–Kier alpha value is 0.451. The molecule has 23 heavy (non-hydrogen) atoms.